The highest BCUT2D eigenvalue weighted by molar-refractivity contribution is 6.31. The van der Waals surface area contributed by atoms with Crippen LogP contribution in [-0.4, -0.2) is 30.2 Å². The lowest BCUT2D eigenvalue weighted by atomic mass is 10.2. The van der Waals surface area contributed by atoms with Gasteiger partial charge in [-0.15, -0.1) is 0 Å². The Labute approximate surface area is 171 Å². The van der Waals surface area contributed by atoms with Crippen LogP contribution < -0.4 is 15.8 Å². The summed E-state index contributed by atoms with van der Waals surface area (Å²) >= 11 is 6.04. The van der Waals surface area contributed by atoms with E-state index in [9.17, 15) is 14.4 Å². The largest absolute Gasteiger partial charge is 0.495 e. The molecule has 3 rings (SSSR count). The summed E-state index contributed by atoms with van der Waals surface area (Å²) in [5, 5.41) is 3.13. The number of esters is 1. The van der Waals surface area contributed by atoms with Crippen LogP contribution in [0.1, 0.15) is 12.0 Å². The molecule has 0 spiro atoms. The van der Waals surface area contributed by atoms with Crippen molar-refractivity contribution in [3.63, 3.8) is 0 Å². The molecule has 0 aliphatic heterocycles. The molecule has 1 amide bonds. The van der Waals surface area contributed by atoms with Crippen LogP contribution in [0.4, 0.5) is 5.69 Å². The minimum absolute atomic E-state index is 0.0832. The van der Waals surface area contributed by atoms with Crippen molar-refractivity contribution in [1.29, 1.82) is 0 Å². The first-order chi connectivity index (χ1) is 13.9. The van der Waals surface area contributed by atoms with E-state index in [4.69, 9.17) is 25.5 Å². The van der Waals surface area contributed by atoms with Gasteiger partial charge in [0.2, 0.25) is 0 Å². The predicted molar refractivity (Wildman–Crippen MR) is 107 cm³/mol. The molecule has 0 atom stereocenters. The second-order valence-electron chi connectivity index (χ2n) is 6.25. The number of para-hydroxylation sites is 2. The number of methoxy groups -OCH3 is 1. The standard InChI is InChI=1S/C20H19ClN2O6/c1-12-9-14(17(27-2)10-13(12)21)22-18(24)11-28-19(25)7-8-23-15-5-3-4-6-16(15)29-20(23)26/h3-6,9-10H,7-8,11H2,1-2H3,(H,22,24). The number of hydrogen-bond acceptors (Lipinski definition) is 6. The third-order valence-electron chi connectivity index (χ3n) is 4.23. The van der Waals surface area contributed by atoms with E-state index >= 15 is 0 Å². The van der Waals surface area contributed by atoms with Gasteiger partial charge >= 0.3 is 11.7 Å². The zero-order valence-corrected chi connectivity index (χ0v) is 16.6. The van der Waals surface area contributed by atoms with E-state index in [1.54, 1.807) is 43.3 Å². The molecule has 1 heterocycles. The number of aromatic nitrogens is 1. The number of carbonyl (C=O) groups excluding carboxylic acids is 2. The van der Waals surface area contributed by atoms with E-state index in [2.05, 4.69) is 5.32 Å². The smallest absolute Gasteiger partial charge is 0.419 e. The highest BCUT2D eigenvalue weighted by atomic mass is 35.5. The van der Waals surface area contributed by atoms with E-state index < -0.39 is 24.2 Å². The SMILES string of the molecule is COc1cc(Cl)c(C)cc1NC(=O)COC(=O)CCn1c(=O)oc2ccccc21. The predicted octanol–water partition coefficient (Wildman–Crippen LogP) is 3.14. The van der Waals surface area contributed by atoms with Gasteiger partial charge in [0.1, 0.15) is 5.75 Å². The molecule has 0 fully saturated rings. The van der Waals surface area contributed by atoms with E-state index in [0.717, 1.165) is 5.56 Å². The molecule has 1 aromatic heterocycles. The average Bonchev–Trinajstić information content (AvgIpc) is 3.02. The van der Waals surface area contributed by atoms with Gasteiger partial charge in [0, 0.05) is 17.6 Å². The summed E-state index contributed by atoms with van der Waals surface area (Å²) in [5.74, 6) is -1.30. The maximum atomic E-state index is 12.1. The molecule has 152 valence electrons. The molecular formula is C20H19ClN2O6. The molecular weight excluding hydrogens is 400 g/mol. The number of benzene rings is 2. The van der Waals surface area contributed by atoms with E-state index in [1.165, 1.54) is 11.7 Å². The summed E-state index contributed by atoms with van der Waals surface area (Å²) in [6, 6.07) is 10.2. The number of ether oxygens (including phenoxy) is 2. The third-order valence-corrected chi connectivity index (χ3v) is 4.64. The first-order valence-corrected chi connectivity index (χ1v) is 9.15. The molecule has 29 heavy (non-hydrogen) atoms. The van der Waals surface area contributed by atoms with Crippen molar-refractivity contribution >= 4 is 40.3 Å². The second-order valence-corrected chi connectivity index (χ2v) is 6.66. The minimum Gasteiger partial charge on any atom is -0.495 e. The molecule has 1 N–H and O–H groups in total. The summed E-state index contributed by atoms with van der Waals surface area (Å²) in [5.41, 5.74) is 2.22. The van der Waals surface area contributed by atoms with Crippen LogP contribution in [0.3, 0.4) is 0 Å². The topological polar surface area (TPSA) is 99.8 Å². The van der Waals surface area contributed by atoms with Gasteiger partial charge in [-0.05, 0) is 30.7 Å². The monoisotopic (exact) mass is 418 g/mol. The minimum atomic E-state index is -0.614. The van der Waals surface area contributed by atoms with Crippen molar-refractivity contribution in [1.82, 2.24) is 4.57 Å². The Balaban J connectivity index is 1.54. The van der Waals surface area contributed by atoms with E-state index in [0.29, 0.717) is 27.6 Å². The van der Waals surface area contributed by atoms with Crippen LogP contribution in [-0.2, 0) is 20.9 Å². The average molecular weight is 419 g/mol. The summed E-state index contributed by atoms with van der Waals surface area (Å²) in [6.45, 7) is 1.41. The van der Waals surface area contributed by atoms with Crippen molar-refractivity contribution in [3.8, 4) is 5.75 Å². The van der Waals surface area contributed by atoms with Crippen LogP contribution in [0.2, 0.25) is 5.02 Å². The Morgan fingerprint density at radius 1 is 1.24 bits per heavy atom. The normalized spacial score (nSPS) is 10.7. The number of aryl methyl sites for hydroxylation is 2. The van der Waals surface area contributed by atoms with Crippen LogP contribution >= 0.6 is 11.6 Å². The van der Waals surface area contributed by atoms with Gasteiger partial charge in [0.15, 0.2) is 12.2 Å². The molecule has 3 aromatic rings. The first kappa shape index (κ1) is 20.5. The Hall–Kier alpha value is -3.26. The van der Waals surface area contributed by atoms with Crippen LogP contribution in [0, 0.1) is 6.92 Å². The molecule has 0 saturated heterocycles. The highest BCUT2D eigenvalue weighted by Crippen LogP contribution is 2.30. The summed E-state index contributed by atoms with van der Waals surface area (Å²) in [6.07, 6.45) is -0.0832. The molecule has 2 aromatic carbocycles. The number of rotatable bonds is 7. The van der Waals surface area contributed by atoms with Crippen molar-refractivity contribution < 1.29 is 23.5 Å². The second kappa shape index (κ2) is 8.83. The third kappa shape index (κ3) is 4.78. The molecule has 9 heteroatoms. The van der Waals surface area contributed by atoms with Crippen LogP contribution in [0.25, 0.3) is 11.1 Å². The number of carbonyl (C=O) groups is 2. The van der Waals surface area contributed by atoms with Gasteiger partial charge in [0.25, 0.3) is 5.91 Å². The molecule has 0 unspecified atom stereocenters. The van der Waals surface area contributed by atoms with E-state index in [-0.39, 0.29) is 13.0 Å². The van der Waals surface area contributed by atoms with Crippen LogP contribution in [0.15, 0.2) is 45.6 Å². The number of anilines is 1. The van der Waals surface area contributed by atoms with Crippen molar-refractivity contribution in [2.75, 3.05) is 19.0 Å². The fourth-order valence-corrected chi connectivity index (χ4v) is 2.92. The molecule has 0 saturated carbocycles. The number of fused-ring (bicyclic) bond motifs is 1. The first-order valence-electron chi connectivity index (χ1n) is 8.77. The molecule has 0 aliphatic carbocycles. The Bertz CT molecular complexity index is 1120. The quantitative estimate of drug-likeness (QED) is 0.592. The van der Waals surface area contributed by atoms with Gasteiger partial charge in [-0.1, -0.05) is 23.7 Å². The maximum Gasteiger partial charge on any atom is 0.419 e. The Kier molecular flexibility index (Phi) is 6.23. The van der Waals surface area contributed by atoms with Gasteiger partial charge in [-0.2, -0.15) is 0 Å². The molecule has 0 radical (unpaired) electrons. The zero-order valence-electron chi connectivity index (χ0n) is 15.9. The number of hydrogen-bond donors (Lipinski definition) is 1. The summed E-state index contributed by atoms with van der Waals surface area (Å²) in [4.78, 5) is 36.0. The number of amides is 1. The highest BCUT2D eigenvalue weighted by Gasteiger charge is 2.14. The van der Waals surface area contributed by atoms with Gasteiger partial charge in [0.05, 0.1) is 24.7 Å². The zero-order chi connectivity index (χ0) is 21.0. The van der Waals surface area contributed by atoms with Crippen molar-refractivity contribution in [2.24, 2.45) is 0 Å². The fraction of sp³-hybridized carbons (Fsp3) is 0.250. The van der Waals surface area contributed by atoms with E-state index in [1.807, 2.05) is 0 Å². The number of oxazole rings is 1. The number of nitrogens with zero attached hydrogens (tertiary/aromatic N) is 1. The van der Waals surface area contributed by atoms with Gasteiger partial charge in [-0.3, -0.25) is 14.2 Å². The lowest BCUT2D eigenvalue weighted by Crippen LogP contribution is -2.23. The maximum absolute atomic E-state index is 12.1. The van der Waals surface area contributed by atoms with Gasteiger partial charge in [-0.25, -0.2) is 4.79 Å². The molecule has 0 bridgehead atoms. The summed E-state index contributed by atoms with van der Waals surface area (Å²) < 4.78 is 16.6. The molecule has 0 aliphatic rings. The van der Waals surface area contributed by atoms with Crippen molar-refractivity contribution in [2.45, 2.75) is 19.9 Å². The van der Waals surface area contributed by atoms with Gasteiger partial charge < -0.3 is 19.2 Å². The van der Waals surface area contributed by atoms with Crippen LogP contribution in [0.5, 0.6) is 5.75 Å². The Morgan fingerprint density at radius 2 is 2.00 bits per heavy atom. The number of nitrogens with one attached hydrogen (secondary N) is 1. The number of halogens is 1. The lowest BCUT2D eigenvalue weighted by Gasteiger charge is -2.12. The molecule has 8 nitrogen and oxygen atoms in total. The summed E-state index contributed by atoms with van der Waals surface area (Å²) in [7, 11) is 1.46. The van der Waals surface area contributed by atoms with Crippen molar-refractivity contribution in [3.05, 3.63) is 57.5 Å². The lowest BCUT2D eigenvalue weighted by molar-refractivity contribution is -0.147. The Morgan fingerprint density at radius 3 is 2.76 bits per heavy atom. The fourth-order valence-electron chi connectivity index (χ4n) is 2.76.